The van der Waals surface area contributed by atoms with Crippen LogP contribution in [0.25, 0.3) is 0 Å². The Hall–Kier alpha value is -1.19. The van der Waals surface area contributed by atoms with Crippen LogP contribution in [0.1, 0.15) is 13.8 Å². The maximum absolute atomic E-state index is 13.6. The third-order valence-electron chi connectivity index (χ3n) is 1.84. The van der Waals surface area contributed by atoms with E-state index < -0.39 is 0 Å². The predicted molar refractivity (Wildman–Crippen MR) is 56.9 cm³/mol. The Morgan fingerprint density at radius 1 is 1.21 bits per heavy atom. The molecule has 0 spiro atoms. The van der Waals surface area contributed by atoms with E-state index in [-0.39, 0.29) is 11.6 Å². The molecule has 0 saturated heterocycles. The van der Waals surface area contributed by atoms with E-state index in [0.717, 1.165) is 0 Å². The van der Waals surface area contributed by atoms with Crippen molar-refractivity contribution in [1.82, 2.24) is 0 Å². The zero-order valence-corrected chi connectivity index (χ0v) is 8.76. The van der Waals surface area contributed by atoms with E-state index in [9.17, 15) is 4.39 Å². The van der Waals surface area contributed by atoms with Crippen molar-refractivity contribution in [3.8, 4) is 11.5 Å². The largest absolute Gasteiger partial charge is 0.490 e. The lowest BCUT2D eigenvalue weighted by atomic mass is 9.95. The zero-order chi connectivity index (χ0) is 10.6. The number of benzene rings is 1. The number of hydrogen-bond donors (Lipinski definition) is 0. The molecule has 0 N–H and O–H groups in total. The molecule has 1 rings (SSSR count). The Morgan fingerprint density at radius 3 is 2.43 bits per heavy atom. The summed E-state index contributed by atoms with van der Waals surface area (Å²) in [4.78, 5) is 0. The summed E-state index contributed by atoms with van der Waals surface area (Å²) in [7, 11) is 1.70. The lowest BCUT2D eigenvalue weighted by Crippen LogP contribution is -2.12. The van der Waals surface area contributed by atoms with Crippen LogP contribution >= 0.6 is 0 Å². The Labute approximate surface area is 84.4 Å². The van der Waals surface area contributed by atoms with Crippen LogP contribution in [0.2, 0.25) is 0 Å². The highest BCUT2D eigenvalue weighted by Crippen LogP contribution is 2.28. The zero-order valence-electron chi connectivity index (χ0n) is 8.76. The summed E-state index contributed by atoms with van der Waals surface area (Å²) in [5.41, 5.74) is 0.567. The van der Waals surface area contributed by atoms with Gasteiger partial charge in [0, 0.05) is 0 Å². The molecule has 0 atom stereocenters. The van der Waals surface area contributed by atoms with Crippen LogP contribution in [0.15, 0.2) is 12.1 Å². The van der Waals surface area contributed by atoms with Gasteiger partial charge in [-0.25, -0.2) is 4.39 Å². The molecule has 1 aromatic carbocycles. The maximum atomic E-state index is 13.6. The molecule has 0 radical (unpaired) electrons. The number of halogens is 1. The number of ether oxygens (including phenoxy) is 2. The number of hydrogen-bond acceptors (Lipinski definition) is 2. The fourth-order valence-corrected chi connectivity index (χ4v) is 1.18. The monoisotopic (exact) mass is 196 g/mol. The van der Waals surface area contributed by atoms with Crippen molar-refractivity contribution in [2.45, 2.75) is 13.8 Å². The second-order valence-electron chi connectivity index (χ2n) is 2.89. The van der Waals surface area contributed by atoms with Crippen LogP contribution in [-0.2, 0) is 0 Å². The Morgan fingerprint density at radius 2 is 1.86 bits per heavy atom. The van der Waals surface area contributed by atoms with E-state index in [2.05, 4.69) is 0 Å². The molecule has 0 aliphatic rings. The van der Waals surface area contributed by atoms with Crippen molar-refractivity contribution >= 4 is 13.3 Å². The second kappa shape index (κ2) is 4.89. The summed E-state index contributed by atoms with van der Waals surface area (Å²) >= 11 is 0. The molecule has 1 aromatic rings. The van der Waals surface area contributed by atoms with Gasteiger partial charge in [-0.3, -0.25) is 0 Å². The van der Waals surface area contributed by atoms with Gasteiger partial charge in [-0.2, -0.15) is 0 Å². The first kappa shape index (κ1) is 10.9. The van der Waals surface area contributed by atoms with Gasteiger partial charge in [0.15, 0.2) is 17.3 Å². The average Bonchev–Trinajstić information content (AvgIpc) is 2.18. The molecule has 0 aromatic heterocycles. The van der Waals surface area contributed by atoms with Crippen LogP contribution in [-0.4, -0.2) is 21.1 Å². The fourth-order valence-electron chi connectivity index (χ4n) is 1.18. The van der Waals surface area contributed by atoms with Gasteiger partial charge in [0.2, 0.25) is 0 Å². The summed E-state index contributed by atoms with van der Waals surface area (Å²) in [6.07, 6.45) is 0. The smallest absolute Gasteiger partial charge is 0.196 e. The molecule has 0 fully saturated rings. The molecule has 0 heterocycles. The third kappa shape index (κ3) is 2.19. The minimum atomic E-state index is -0.335. The highest BCUT2D eigenvalue weighted by Gasteiger charge is 2.12. The third-order valence-corrected chi connectivity index (χ3v) is 1.84. The van der Waals surface area contributed by atoms with E-state index in [1.54, 1.807) is 20.0 Å². The lowest BCUT2D eigenvalue weighted by Gasteiger charge is -2.12. The van der Waals surface area contributed by atoms with Gasteiger partial charge in [-0.15, -0.1) is 0 Å². The van der Waals surface area contributed by atoms with Gasteiger partial charge >= 0.3 is 0 Å². The van der Waals surface area contributed by atoms with Crippen molar-refractivity contribution in [3.63, 3.8) is 0 Å². The Kier molecular flexibility index (Phi) is 3.80. The Balaban J connectivity index is 3.08. The second-order valence-corrected chi connectivity index (χ2v) is 2.89. The van der Waals surface area contributed by atoms with Crippen molar-refractivity contribution in [2.75, 3.05) is 13.2 Å². The molecule has 0 bridgehead atoms. The van der Waals surface area contributed by atoms with Crippen molar-refractivity contribution in [1.29, 1.82) is 0 Å². The van der Waals surface area contributed by atoms with Crippen LogP contribution in [0.3, 0.4) is 0 Å². The van der Waals surface area contributed by atoms with Crippen LogP contribution in [0, 0.1) is 5.82 Å². The minimum Gasteiger partial charge on any atom is -0.490 e. The summed E-state index contributed by atoms with van der Waals surface area (Å²) in [6.45, 7) is 4.61. The molecule has 4 heteroatoms. The quantitative estimate of drug-likeness (QED) is 0.665. The number of rotatable bonds is 4. The first-order valence-corrected chi connectivity index (χ1v) is 4.75. The van der Waals surface area contributed by atoms with Gasteiger partial charge in [-0.05, 0) is 25.4 Å². The van der Waals surface area contributed by atoms with Crippen molar-refractivity contribution < 1.29 is 13.9 Å². The molecular weight excluding hydrogens is 182 g/mol. The summed E-state index contributed by atoms with van der Waals surface area (Å²) in [5, 5.41) is 0. The highest BCUT2D eigenvalue weighted by atomic mass is 19.1. The molecule has 2 nitrogen and oxygen atoms in total. The summed E-state index contributed by atoms with van der Waals surface area (Å²) in [5.74, 6) is 0.351. The van der Waals surface area contributed by atoms with Crippen LogP contribution < -0.4 is 14.9 Å². The topological polar surface area (TPSA) is 18.5 Å². The molecule has 0 unspecified atom stereocenters. The van der Waals surface area contributed by atoms with Crippen molar-refractivity contribution in [3.05, 3.63) is 17.9 Å². The van der Waals surface area contributed by atoms with E-state index in [1.807, 2.05) is 13.8 Å². The van der Waals surface area contributed by atoms with E-state index in [0.29, 0.717) is 24.4 Å². The molecule has 14 heavy (non-hydrogen) atoms. The van der Waals surface area contributed by atoms with Crippen molar-refractivity contribution in [2.24, 2.45) is 0 Å². The van der Waals surface area contributed by atoms with Gasteiger partial charge in [0.1, 0.15) is 7.85 Å². The van der Waals surface area contributed by atoms with E-state index in [4.69, 9.17) is 9.47 Å². The summed E-state index contributed by atoms with van der Waals surface area (Å²) < 4.78 is 24.0. The first-order valence-electron chi connectivity index (χ1n) is 4.75. The fraction of sp³-hybridized carbons (Fsp3) is 0.400. The van der Waals surface area contributed by atoms with Gasteiger partial charge in [0.25, 0.3) is 0 Å². The lowest BCUT2D eigenvalue weighted by molar-refractivity contribution is 0.276. The molecule has 76 valence electrons. The van der Waals surface area contributed by atoms with Crippen LogP contribution in [0.4, 0.5) is 4.39 Å². The SMILES string of the molecule is Bc1ccc(OCC)c(OCC)c1F. The minimum absolute atomic E-state index is 0.217. The standard InChI is InChI=1S/C10H14BFO2/c1-3-13-8-6-5-7(11)9(12)10(8)14-4-2/h5-6H,3-4,11H2,1-2H3. The maximum Gasteiger partial charge on any atom is 0.196 e. The average molecular weight is 196 g/mol. The molecular formula is C10H14BFO2. The molecule has 0 amide bonds. The van der Waals surface area contributed by atoms with Gasteiger partial charge in [0.05, 0.1) is 13.2 Å². The first-order chi connectivity index (χ1) is 6.70. The van der Waals surface area contributed by atoms with E-state index >= 15 is 0 Å². The summed E-state index contributed by atoms with van der Waals surface area (Å²) in [6, 6.07) is 3.41. The highest BCUT2D eigenvalue weighted by molar-refractivity contribution is 6.32. The molecule has 0 aliphatic heterocycles. The predicted octanol–water partition coefficient (Wildman–Crippen LogP) is 0.881. The Bertz CT molecular complexity index is 315. The van der Waals surface area contributed by atoms with Gasteiger partial charge < -0.3 is 9.47 Å². The molecule has 0 aliphatic carbocycles. The van der Waals surface area contributed by atoms with Crippen LogP contribution in [0.5, 0.6) is 11.5 Å². The normalized spacial score (nSPS) is 9.93. The molecule has 0 saturated carbocycles. The van der Waals surface area contributed by atoms with Gasteiger partial charge in [-0.1, -0.05) is 6.07 Å². The van der Waals surface area contributed by atoms with E-state index in [1.165, 1.54) is 0 Å².